The van der Waals surface area contributed by atoms with E-state index in [0.29, 0.717) is 15.9 Å². The van der Waals surface area contributed by atoms with Crippen molar-refractivity contribution in [3.63, 3.8) is 0 Å². The Labute approximate surface area is 155 Å². The molecule has 0 aliphatic carbocycles. The first-order valence-corrected chi connectivity index (χ1v) is 8.96. The van der Waals surface area contributed by atoms with Crippen LogP contribution in [0.2, 0.25) is 5.02 Å². The molecule has 0 fully saturated rings. The first kappa shape index (κ1) is 17.5. The number of amides is 1. The van der Waals surface area contributed by atoms with Crippen molar-refractivity contribution in [2.45, 2.75) is 13.3 Å². The van der Waals surface area contributed by atoms with Crippen LogP contribution in [0.5, 0.6) is 5.75 Å². The van der Waals surface area contributed by atoms with Gasteiger partial charge in [0.15, 0.2) is 11.7 Å². The molecule has 0 saturated carbocycles. The molecule has 1 aromatic heterocycles. The van der Waals surface area contributed by atoms with Crippen molar-refractivity contribution < 1.29 is 9.53 Å². The zero-order valence-electron chi connectivity index (χ0n) is 13.7. The van der Waals surface area contributed by atoms with Gasteiger partial charge >= 0.3 is 0 Å². The van der Waals surface area contributed by atoms with Crippen LogP contribution in [0.25, 0.3) is 0 Å². The first-order chi connectivity index (χ1) is 12.1. The Morgan fingerprint density at radius 3 is 2.60 bits per heavy atom. The molecule has 2 aromatic carbocycles. The molecule has 1 N–H and O–H groups in total. The Balaban J connectivity index is 1.51. The lowest BCUT2D eigenvalue weighted by Gasteiger charge is -2.05. The number of ether oxygens (including phenoxy) is 1. The van der Waals surface area contributed by atoms with Crippen LogP contribution in [0.3, 0.4) is 0 Å². The SMILES string of the molecule is Cc1ccc(Cc2cnc(NC(=O)COc3ccc(Cl)cc3)s2)cc1. The molecular weight excluding hydrogens is 356 g/mol. The normalized spacial score (nSPS) is 10.5. The predicted octanol–water partition coefficient (Wildman–Crippen LogP) is 4.71. The Kier molecular flexibility index (Phi) is 5.68. The Hall–Kier alpha value is -2.37. The second-order valence-corrected chi connectivity index (χ2v) is 7.14. The van der Waals surface area contributed by atoms with Gasteiger partial charge in [-0.15, -0.1) is 11.3 Å². The summed E-state index contributed by atoms with van der Waals surface area (Å²) in [6.07, 6.45) is 2.59. The lowest BCUT2D eigenvalue weighted by molar-refractivity contribution is -0.118. The van der Waals surface area contributed by atoms with E-state index >= 15 is 0 Å². The maximum Gasteiger partial charge on any atom is 0.264 e. The average Bonchev–Trinajstić information content (AvgIpc) is 3.03. The summed E-state index contributed by atoms with van der Waals surface area (Å²) in [5.41, 5.74) is 2.46. The molecule has 3 aromatic rings. The fourth-order valence-corrected chi connectivity index (χ4v) is 3.18. The van der Waals surface area contributed by atoms with Crippen molar-refractivity contribution in [1.29, 1.82) is 0 Å². The molecule has 6 heteroatoms. The summed E-state index contributed by atoms with van der Waals surface area (Å²) in [6.45, 7) is 1.99. The smallest absolute Gasteiger partial charge is 0.264 e. The molecule has 1 amide bonds. The lowest BCUT2D eigenvalue weighted by atomic mass is 10.1. The maximum absolute atomic E-state index is 12.0. The summed E-state index contributed by atoms with van der Waals surface area (Å²) < 4.78 is 5.41. The van der Waals surface area contributed by atoms with Gasteiger partial charge in [-0.3, -0.25) is 10.1 Å². The van der Waals surface area contributed by atoms with E-state index in [0.717, 1.165) is 11.3 Å². The van der Waals surface area contributed by atoms with Gasteiger partial charge in [0.2, 0.25) is 0 Å². The lowest BCUT2D eigenvalue weighted by Crippen LogP contribution is -2.19. The van der Waals surface area contributed by atoms with Crippen molar-refractivity contribution in [3.8, 4) is 5.75 Å². The minimum absolute atomic E-state index is 0.0749. The van der Waals surface area contributed by atoms with Crippen LogP contribution in [-0.2, 0) is 11.2 Å². The van der Waals surface area contributed by atoms with Crippen LogP contribution in [0.4, 0.5) is 5.13 Å². The number of nitrogens with one attached hydrogen (secondary N) is 1. The van der Waals surface area contributed by atoms with Crippen molar-refractivity contribution >= 4 is 34.0 Å². The van der Waals surface area contributed by atoms with E-state index < -0.39 is 0 Å². The number of nitrogens with zero attached hydrogens (tertiary/aromatic N) is 1. The summed E-state index contributed by atoms with van der Waals surface area (Å²) in [6, 6.07) is 15.3. The number of hydrogen-bond donors (Lipinski definition) is 1. The van der Waals surface area contributed by atoms with Crippen molar-refractivity contribution in [3.05, 3.63) is 75.8 Å². The number of carbonyl (C=O) groups excluding carboxylic acids is 1. The number of thiazole rings is 1. The van der Waals surface area contributed by atoms with Gasteiger partial charge < -0.3 is 4.74 Å². The van der Waals surface area contributed by atoms with Gasteiger partial charge in [-0.2, -0.15) is 0 Å². The summed E-state index contributed by atoms with van der Waals surface area (Å²) in [7, 11) is 0. The van der Waals surface area contributed by atoms with Crippen LogP contribution in [0.1, 0.15) is 16.0 Å². The van der Waals surface area contributed by atoms with Crippen molar-refractivity contribution in [2.24, 2.45) is 0 Å². The van der Waals surface area contributed by atoms with Gasteiger partial charge in [0.05, 0.1) is 0 Å². The molecule has 0 aliphatic heterocycles. The van der Waals surface area contributed by atoms with Crippen molar-refractivity contribution in [2.75, 3.05) is 11.9 Å². The number of rotatable bonds is 6. The van der Waals surface area contributed by atoms with Crippen LogP contribution < -0.4 is 10.1 Å². The highest BCUT2D eigenvalue weighted by molar-refractivity contribution is 7.15. The molecule has 1 heterocycles. The van der Waals surface area contributed by atoms with Crippen LogP contribution >= 0.6 is 22.9 Å². The fourth-order valence-electron chi connectivity index (χ4n) is 2.19. The summed E-state index contributed by atoms with van der Waals surface area (Å²) in [5, 5.41) is 3.96. The van der Waals surface area contributed by atoms with Crippen LogP contribution in [-0.4, -0.2) is 17.5 Å². The number of aryl methyl sites for hydroxylation is 1. The Morgan fingerprint density at radius 1 is 1.16 bits per heavy atom. The monoisotopic (exact) mass is 372 g/mol. The van der Waals surface area contributed by atoms with Gasteiger partial charge in [-0.1, -0.05) is 41.4 Å². The summed E-state index contributed by atoms with van der Waals surface area (Å²) in [5.74, 6) is 0.352. The van der Waals surface area contributed by atoms with Gasteiger partial charge in [0, 0.05) is 22.5 Å². The molecule has 0 radical (unpaired) electrons. The second-order valence-electron chi connectivity index (χ2n) is 5.58. The first-order valence-electron chi connectivity index (χ1n) is 7.77. The Morgan fingerprint density at radius 2 is 1.88 bits per heavy atom. The van der Waals surface area contributed by atoms with Gasteiger partial charge in [0.25, 0.3) is 5.91 Å². The third kappa shape index (κ3) is 5.31. The van der Waals surface area contributed by atoms with Gasteiger partial charge in [-0.05, 0) is 36.8 Å². The van der Waals surface area contributed by atoms with Crippen LogP contribution in [0, 0.1) is 6.92 Å². The van der Waals surface area contributed by atoms with E-state index in [9.17, 15) is 4.79 Å². The molecule has 25 heavy (non-hydrogen) atoms. The minimum atomic E-state index is -0.244. The van der Waals surface area contributed by atoms with E-state index in [2.05, 4.69) is 41.5 Å². The molecule has 4 nitrogen and oxygen atoms in total. The molecule has 0 unspecified atom stereocenters. The number of anilines is 1. The summed E-state index contributed by atoms with van der Waals surface area (Å²) >= 11 is 7.28. The van der Waals surface area contributed by atoms with E-state index in [1.54, 1.807) is 30.5 Å². The highest BCUT2D eigenvalue weighted by Crippen LogP contribution is 2.21. The maximum atomic E-state index is 12.0. The van der Waals surface area contributed by atoms with Gasteiger partial charge in [0.1, 0.15) is 5.75 Å². The molecular formula is C19H17ClN2O2S. The van der Waals surface area contributed by atoms with E-state index in [1.807, 2.05) is 0 Å². The number of benzene rings is 2. The molecule has 3 rings (SSSR count). The highest BCUT2D eigenvalue weighted by Gasteiger charge is 2.08. The third-order valence-corrected chi connectivity index (χ3v) is 4.65. The molecule has 128 valence electrons. The number of halogens is 1. The second kappa shape index (κ2) is 8.14. The third-order valence-electron chi connectivity index (χ3n) is 3.48. The zero-order valence-corrected chi connectivity index (χ0v) is 15.2. The minimum Gasteiger partial charge on any atom is -0.484 e. The fraction of sp³-hybridized carbons (Fsp3) is 0.158. The highest BCUT2D eigenvalue weighted by atomic mass is 35.5. The Bertz CT molecular complexity index is 845. The topological polar surface area (TPSA) is 51.2 Å². The number of hydrogen-bond acceptors (Lipinski definition) is 4. The molecule has 0 atom stereocenters. The van der Waals surface area contributed by atoms with Crippen LogP contribution in [0.15, 0.2) is 54.7 Å². The number of aromatic nitrogens is 1. The standard InChI is InChI=1S/C19H17ClN2O2S/c1-13-2-4-14(5-3-13)10-17-11-21-19(25-17)22-18(23)12-24-16-8-6-15(20)7-9-16/h2-9,11H,10,12H2,1H3,(H,21,22,23). The van der Waals surface area contributed by atoms with Crippen molar-refractivity contribution in [1.82, 2.24) is 4.98 Å². The number of carbonyl (C=O) groups is 1. The zero-order chi connectivity index (χ0) is 17.6. The average molecular weight is 373 g/mol. The van der Waals surface area contributed by atoms with E-state index in [4.69, 9.17) is 16.3 Å². The molecule has 0 aliphatic rings. The molecule has 0 saturated heterocycles. The van der Waals surface area contributed by atoms with Gasteiger partial charge in [-0.25, -0.2) is 4.98 Å². The van der Waals surface area contributed by atoms with E-state index in [1.165, 1.54) is 22.5 Å². The molecule has 0 spiro atoms. The largest absolute Gasteiger partial charge is 0.484 e. The molecule has 0 bridgehead atoms. The van der Waals surface area contributed by atoms with E-state index in [-0.39, 0.29) is 12.5 Å². The summed E-state index contributed by atoms with van der Waals surface area (Å²) in [4.78, 5) is 17.3. The predicted molar refractivity (Wildman–Crippen MR) is 102 cm³/mol. The quantitative estimate of drug-likeness (QED) is 0.681.